The molecule has 0 saturated carbocycles. The van der Waals surface area contributed by atoms with Gasteiger partial charge in [0.1, 0.15) is 5.15 Å². The zero-order valence-electron chi connectivity index (χ0n) is 10.2. The van der Waals surface area contributed by atoms with Crippen molar-refractivity contribution in [3.8, 4) is 0 Å². The summed E-state index contributed by atoms with van der Waals surface area (Å²) in [6, 6.07) is 9.90. The fourth-order valence-electron chi connectivity index (χ4n) is 1.81. The van der Waals surface area contributed by atoms with Gasteiger partial charge in [-0.05, 0) is 19.1 Å². The van der Waals surface area contributed by atoms with Gasteiger partial charge in [-0.3, -0.25) is 10.1 Å². The molecule has 0 saturated heterocycles. The summed E-state index contributed by atoms with van der Waals surface area (Å²) in [6.07, 6.45) is 1.59. The lowest BCUT2D eigenvalue weighted by Gasteiger charge is -2.15. The first-order valence-electron chi connectivity index (χ1n) is 5.69. The van der Waals surface area contributed by atoms with E-state index in [4.69, 9.17) is 11.6 Å². The molecule has 0 aliphatic heterocycles. The number of aromatic nitrogens is 1. The Balaban J connectivity index is 2.22. The van der Waals surface area contributed by atoms with Crippen LogP contribution in [0.15, 0.2) is 42.6 Å². The highest BCUT2D eigenvalue weighted by molar-refractivity contribution is 6.29. The minimum Gasteiger partial charge on any atom is -0.377 e. The molecular weight excluding hydrogens is 266 g/mol. The fraction of sp³-hybridized carbons (Fsp3) is 0.154. The number of nitrogens with zero attached hydrogens (tertiary/aromatic N) is 2. The number of hydrogen-bond acceptors (Lipinski definition) is 4. The van der Waals surface area contributed by atoms with Crippen molar-refractivity contribution in [3.05, 3.63) is 63.4 Å². The Morgan fingerprint density at radius 1 is 1.32 bits per heavy atom. The number of nitro groups is 1. The van der Waals surface area contributed by atoms with Gasteiger partial charge in [0.05, 0.1) is 28.4 Å². The van der Waals surface area contributed by atoms with E-state index in [9.17, 15) is 10.1 Å². The summed E-state index contributed by atoms with van der Waals surface area (Å²) in [4.78, 5) is 14.5. The molecule has 0 aliphatic rings. The van der Waals surface area contributed by atoms with Crippen molar-refractivity contribution >= 4 is 23.0 Å². The molecule has 0 fully saturated rings. The summed E-state index contributed by atoms with van der Waals surface area (Å²) in [7, 11) is 0. The van der Waals surface area contributed by atoms with Crippen LogP contribution in [0.5, 0.6) is 0 Å². The highest BCUT2D eigenvalue weighted by atomic mass is 35.5. The van der Waals surface area contributed by atoms with Crippen LogP contribution in [0.3, 0.4) is 0 Å². The topological polar surface area (TPSA) is 68.1 Å². The third-order valence-corrected chi connectivity index (χ3v) is 2.93. The third-order valence-electron chi connectivity index (χ3n) is 2.71. The second-order valence-corrected chi connectivity index (χ2v) is 4.44. The maximum atomic E-state index is 11.0. The molecule has 0 spiro atoms. The van der Waals surface area contributed by atoms with Crippen LogP contribution in [0, 0.1) is 10.1 Å². The monoisotopic (exact) mass is 277 g/mol. The summed E-state index contributed by atoms with van der Waals surface area (Å²) in [5, 5.41) is 14.5. The predicted octanol–water partition coefficient (Wildman–Crippen LogP) is 3.82. The first kappa shape index (κ1) is 13.3. The van der Waals surface area contributed by atoms with Crippen molar-refractivity contribution < 1.29 is 4.92 Å². The number of nitro benzene ring substituents is 1. The maximum Gasteiger partial charge on any atom is 0.274 e. The van der Waals surface area contributed by atoms with Crippen LogP contribution >= 0.6 is 11.6 Å². The number of hydrogen-bond donors (Lipinski definition) is 1. The van der Waals surface area contributed by atoms with E-state index >= 15 is 0 Å². The maximum absolute atomic E-state index is 11.0. The van der Waals surface area contributed by atoms with Crippen LogP contribution in [0.4, 0.5) is 11.4 Å². The lowest BCUT2D eigenvalue weighted by atomic mass is 10.1. The fourth-order valence-corrected chi connectivity index (χ4v) is 1.92. The lowest BCUT2D eigenvalue weighted by molar-refractivity contribution is -0.385. The van der Waals surface area contributed by atoms with Gasteiger partial charge in [-0.25, -0.2) is 4.98 Å². The minimum absolute atomic E-state index is 0.101. The Morgan fingerprint density at radius 2 is 2.05 bits per heavy atom. The smallest absolute Gasteiger partial charge is 0.274 e. The summed E-state index contributed by atoms with van der Waals surface area (Å²) in [6.45, 7) is 1.86. The highest BCUT2D eigenvalue weighted by Gasteiger charge is 2.17. The van der Waals surface area contributed by atoms with E-state index in [-0.39, 0.29) is 16.7 Å². The van der Waals surface area contributed by atoms with E-state index in [2.05, 4.69) is 10.3 Å². The van der Waals surface area contributed by atoms with E-state index in [0.29, 0.717) is 10.7 Å². The molecule has 19 heavy (non-hydrogen) atoms. The molecule has 98 valence electrons. The Bertz CT molecular complexity index is 587. The quantitative estimate of drug-likeness (QED) is 0.524. The van der Waals surface area contributed by atoms with Crippen molar-refractivity contribution in [2.45, 2.75) is 13.0 Å². The Morgan fingerprint density at radius 3 is 2.68 bits per heavy atom. The molecule has 1 aromatic heterocycles. The molecule has 2 rings (SSSR count). The van der Waals surface area contributed by atoms with Gasteiger partial charge in [0, 0.05) is 6.07 Å². The van der Waals surface area contributed by atoms with Crippen LogP contribution < -0.4 is 5.32 Å². The molecule has 0 aliphatic carbocycles. The molecule has 1 aromatic carbocycles. The average molecular weight is 278 g/mol. The van der Waals surface area contributed by atoms with Crippen molar-refractivity contribution in [1.29, 1.82) is 0 Å². The second kappa shape index (κ2) is 5.67. The first-order chi connectivity index (χ1) is 9.08. The van der Waals surface area contributed by atoms with E-state index < -0.39 is 0 Å². The SMILES string of the molecule is CC(Nc1ccc(Cl)nc1)c1ccccc1[N+](=O)[O-]. The zero-order valence-corrected chi connectivity index (χ0v) is 11.0. The summed E-state index contributed by atoms with van der Waals surface area (Å²) in [5.74, 6) is 0. The van der Waals surface area contributed by atoms with E-state index in [1.807, 2.05) is 6.92 Å². The van der Waals surface area contributed by atoms with E-state index in [1.165, 1.54) is 6.07 Å². The van der Waals surface area contributed by atoms with Gasteiger partial charge in [0.25, 0.3) is 5.69 Å². The van der Waals surface area contributed by atoms with Gasteiger partial charge < -0.3 is 5.32 Å². The Labute approximate surface area is 115 Å². The first-order valence-corrected chi connectivity index (χ1v) is 6.07. The Hall–Kier alpha value is -2.14. The molecule has 0 amide bonds. The molecule has 1 atom stereocenters. The van der Waals surface area contributed by atoms with Crippen molar-refractivity contribution in [2.75, 3.05) is 5.32 Å². The van der Waals surface area contributed by atoms with Crippen molar-refractivity contribution in [1.82, 2.24) is 4.98 Å². The summed E-state index contributed by atoms with van der Waals surface area (Å²) < 4.78 is 0. The molecule has 1 N–H and O–H groups in total. The van der Waals surface area contributed by atoms with Gasteiger partial charge in [-0.15, -0.1) is 0 Å². The normalized spacial score (nSPS) is 11.9. The van der Waals surface area contributed by atoms with Crippen LogP contribution in [-0.4, -0.2) is 9.91 Å². The number of nitrogens with one attached hydrogen (secondary N) is 1. The largest absolute Gasteiger partial charge is 0.377 e. The molecule has 0 radical (unpaired) electrons. The zero-order chi connectivity index (χ0) is 13.8. The molecule has 1 heterocycles. The number of rotatable bonds is 4. The van der Waals surface area contributed by atoms with Gasteiger partial charge in [-0.1, -0.05) is 29.8 Å². The second-order valence-electron chi connectivity index (χ2n) is 4.05. The molecule has 6 heteroatoms. The number of benzene rings is 1. The van der Waals surface area contributed by atoms with Crippen LogP contribution in [0.25, 0.3) is 0 Å². The number of pyridine rings is 1. The van der Waals surface area contributed by atoms with E-state index in [1.54, 1.807) is 36.5 Å². The Kier molecular flexibility index (Phi) is 3.97. The van der Waals surface area contributed by atoms with Crippen LogP contribution in [0.1, 0.15) is 18.5 Å². The van der Waals surface area contributed by atoms with Gasteiger partial charge in [0.15, 0.2) is 0 Å². The minimum atomic E-state index is -0.381. The number of anilines is 1. The van der Waals surface area contributed by atoms with E-state index in [0.717, 1.165) is 5.69 Å². The average Bonchev–Trinajstić information content (AvgIpc) is 2.41. The molecule has 0 bridgehead atoms. The molecular formula is C13H12ClN3O2. The molecule has 2 aromatic rings. The van der Waals surface area contributed by atoms with Gasteiger partial charge >= 0.3 is 0 Å². The van der Waals surface area contributed by atoms with Gasteiger partial charge in [0.2, 0.25) is 0 Å². The van der Waals surface area contributed by atoms with Crippen molar-refractivity contribution in [3.63, 3.8) is 0 Å². The molecule has 1 unspecified atom stereocenters. The standard InChI is InChI=1S/C13H12ClN3O2/c1-9(16-10-6-7-13(14)15-8-10)11-4-2-3-5-12(11)17(18)19/h2-9,16H,1H3. The van der Waals surface area contributed by atoms with Crippen molar-refractivity contribution in [2.24, 2.45) is 0 Å². The lowest BCUT2D eigenvalue weighted by Crippen LogP contribution is -2.09. The predicted molar refractivity (Wildman–Crippen MR) is 74.4 cm³/mol. The third kappa shape index (κ3) is 3.20. The van der Waals surface area contributed by atoms with Gasteiger partial charge in [-0.2, -0.15) is 0 Å². The number of halogens is 1. The van der Waals surface area contributed by atoms with Crippen LogP contribution in [0.2, 0.25) is 5.15 Å². The van der Waals surface area contributed by atoms with Crippen LogP contribution in [-0.2, 0) is 0 Å². The summed E-state index contributed by atoms with van der Waals surface area (Å²) >= 11 is 5.70. The molecule has 5 nitrogen and oxygen atoms in total. The highest BCUT2D eigenvalue weighted by Crippen LogP contribution is 2.27. The summed E-state index contributed by atoms with van der Waals surface area (Å²) in [5.41, 5.74) is 1.49. The number of para-hydroxylation sites is 1.